The second-order valence-electron chi connectivity index (χ2n) is 33.3. The van der Waals surface area contributed by atoms with Gasteiger partial charge >= 0.3 is 0 Å². The van der Waals surface area contributed by atoms with Crippen LogP contribution in [0.4, 0.5) is 34.1 Å². The number of aryl methyl sites for hydroxylation is 7. The van der Waals surface area contributed by atoms with Crippen LogP contribution >= 0.6 is 0 Å². The molecule has 2 nitrogen and oxygen atoms in total. The maximum atomic E-state index is 5.45. The normalized spacial score (nSPS) is 13.9. The SMILES string of the molecule is C#CC#CC#Cc1ccc(C2(c3ccc(C)cc3)c3cc(C)ccc3-c3ccc(-c4ccc5c(c4)C(CCCCCCCC)(CCCCCCCC)c4cc(-c6ccc(N(c7ccc(N(c8ccc(C)cc8)c8c(C)cc(C(C)(C)C)cc8C)cc7)c7c(C)cc(C(C)(C)C)cc7C)cc6)ccc4-5)cc32)cc1. The summed E-state index contributed by atoms with van der Waals surface area (Å²) >= 11 is 0. The summed E-state index contributed by atoms with van der Waals surface area (Å²) in [7, 11) is 0. The van der Waals surface area contributed by atoms with Gasteiger partial charge in [-0.2, -0.15) is 0 Å². The summed E-state index contributed by atoms with van der Waals surface area (Å²) in [5.41, 5.74) is 37.0. The Hall–Kier alpha value is -10.3. The molecule has 540 valence electrons. The molecule has 13 rings (SSSR count). The standard InChI is InChI=1S/C105H110N2/c1-17-20-23-26-28-31-62-104(63-32-29-27-24-21-18-2)96-69-81(43-59-92(96)93-60-44-82(70-97(93)104)83-45-61-95-94-58-38-74(6)64-98(94)105(99(95)71-83,84-46-34-72(4)35-47-84)85-48-39-79(40-49-85)33-30-25-22-19-3)80-41-52-89(53-42-80)107(101-77(9)67-87(68-78(101)10)103(14,15)16)91-56-54-90(55-57-91)106(88-50-36-73(5)37-51-88)100-75(7)65-86(66-76(100)8)102(11,12)13/h3,34-61,64-71H,17-18,20-21,23-24,26-29,31-32,62-63H2,1-2,4-16H3. The third-order valence-corrected chi connectivity index (χ3v) is 23.4. The van der Waals surface area contributed by atoms with E-state index in [0.29, 0.717) is 0 Å². The van der Waals surface area contributed by atoms with Crippen LogP contribution in [-0.2, 0) is 21.7 Å². The molecule has 0 radical (unpaired) electrons. The first kappa shape index (κ1) is 75.0. The Labute approximate surface area is 643 Å². The first-order valence-electron chi connectivity index (χ1n) is 39.9. The Morgan fingerprint density at radius 3 is 1.09 bits per heavy atom. The van der Waals surface area contributed by atoms with Crippen LogP contribution in [0.2, 0.25) is 0 Å². The van der Waals surface area contributed by atoms with Gasteiger partial charge < -0.3 is 9.80 Å². The van der Waals surface area contributed by atoms with Crippen LogP contribution in [0.25, 0.3) is 44.5 Å². The van der Waals surface area contributed by atoms with Crippen LogP contribution in [0.5, 0.6) is 0 Å². The lowest BCUT2D eigenvalue weighted by atomic mass is 9.67. The van der Waals surface area contributed by atoms with Crippen molar-refractivity contribution in [2.75, 3.05) is 9.80 Å². The first-order chi connectivity index (χ1) is 51.6. The number of unbranched alkanes of at least 4 members (excludes halogenated alkanes) is 10. The van der Waals surface area contributed by atoms with Crippen molar-refractivity contribution < 1.29 is 0 Å². The zero-order valence-corrected chi connectivity index (χ0v) is 66.7. The molecule has 0 N–H and O–H groups in total. The van der Waals surface area contributed by atoms with Gasteiger partial charge in [0.15, 0.2) is 0 Å². The highest BCUT2D eigenvalue weighted by Crippen LogP contribution is 2.60. The highest BCUT2D eigenvalue weighted by molar-refractivity contribution is 5.92. The number of hydrogen-bond acceptors (Lipinski definition) is 2. The molecule has 0 saturated carbocycles. The Bertz CT molecular complexity index is 5160. The fraction of sp³-hybridized carbons (Fsp3) is 0.314. The van der Waals surface area contributed by atoms with Gasteiger partial charge in [0.2, 0.25) is 0 Å². The highest BCUT2D eigenvalue weighted by Gasteiger charge is 2.47. The zero-order valence-electron chi connectivity index (χ0n) is 66.7. The molecule has 2 aliphatic carbocycles. The van der Waals surface area contributed by atoms with Crippen molar-refractivity contribution in [2.24, 2.45) is 0 Å². The Kier molecular flexibility index (Phi) is 22.2. The minimum absolute atomic E-state index is 0.000831. The molecule has 0 aliphatic heterocycles. The highest BCUT2D eigenvalue weighted by atomic mass is 15.2. The van der Waals surface area contributed by atoms with Gasteiger partial charge in [-0.15, -0.1) is 6.42 Å². The van der Waals surface area contributed by atoms with Gasteiger partial charge in [0, 0.05) is 33.7 Å². The lowest BCUT2D eigenvalue weighted by Crippen LogP contribution is -2.28. The summed E-state index contributed by atoms with van der Waals surface area (Å²) in [6, 6.07) is 85.3. The summed E-state index contributed by atoms with van der Waals surface area (Å²) < 4.78 is 0. The first-order valence-corrected chi connectivity index (χ1v) is 39.9. The van der Waals surface area contributed by atoms with Crippen molar-refractivity contribution in [3.63, 3.8) is 0 Å². The van der Waals surface area contributed by atoms with Crippen molar-refractivity contribution >= 4 is 34.1 Å². The number of terminal acetylenes is 1. The van der Waals surface area contributed by atoms with E-state index in [1.54, 1.807) is 0 Å². The molecule has 11 aromatic rings. The van der Waals surface area contributed by atoms with Gasteiger partial charge in [-0.05, 0) is 286 Å². The van der Waals surface area contributed by atoms with Gasteiger partial charge in [0.25, 0.3) is 0 Å². The van der Waals surface area contributed by atoms with E-state index in [1.807, 2.05) is 0 Å². The molecule has 1 atom stereocenters. The third-order valence-electron chi connectivity index (χ3n) is 23.4. The van der Waals surface area contributed by atoms with Crippen molar-refractivity contribution in [1.82, 2.24) is 0 Å². The van der Waals surface area contributed by atoms with Gasteiger partial charge in [-0.3, -0.25) is 0 Å². The Morgan fingerprint density at radius 2 is 0.664 bits per heavy atom. The molecular weight excluding hydrogens is 1290 g/mol. The second kappa shape index (κ2) is 31.6. The van der Waals surface area contributed by atoms with E-state index >= 15 is 0 Å². The molecule has 2 heteroatoms. The molecule has 0 aromatic heterocycles. The maximum Gasteiger partial charge on any atom is 0.0713 e. The van der Waals surface area contributed by atoms with Crippen LogP contribution < -0.4 is 9.80 Å². The minimum Gasteiger partial charge on any atom is -0.310 e. The largest absolute Gasteiger partial charge is 0.310 e. The predicted octanol–water partition coefficient (Wildman–Crippen LogP) is 28.8. The van der Waals surface area contributed by atoms with E-state index in [4.69, 9.17) is 6.42 Å². The molecule has 0 heterocycles. The smallest absolute Gasteiger partial charge is 0.0713 e. The molecule has 0 saturated heterocycles. The Balaban J connectivity index is 0.922. The number of benzene rings is 11. The molecule has 2 aliphatic rings. The molecule has 0 amide bonds. The number of rotatable bonds is 24. The van der Waals surface area contributed by atoms with Gasteiger partial charge in [0.1, 0.15) is 0 Å². The monoisotopic (exact) mass is 1400 g/mol. The van der Waals surface area contributed by atoms with Gasteiger partial charge in [0.05, 0.1) is 16.8 Å². The van der Waals surface area contributed by atoms with E-state index in [-0.39, 0.29) is 16.2 Å². The fourth-order valence-corrected chi connectivity index (χ4v) is 17.7. The van der Waals surface area contributed by atoms with E-state index in [1.165, 1.54) is 216 Å². The van der Waals surface area contributed by atoms with E-state index in [2.05, 4.69) is 362 Å². The molecule has 0 spiro atoms. The van der Waals surface area contributed by atoms with E-state index < -0.39 is 5.41 Å². The van der Waals surface area contributed by atoms with Gasteiger partial charge in [-0.25, -0.2) is 0 Å². The van der Waals surface area contributed by atoms with Crippen LogP contribution in [0.1, 0.15) is 234 Å². The van der Waals surface area contributed by atoms with Crippen molar-refractivity contribution in [3.05, 3.63) is 307 Å². The van der Waals surface area contributed by atoms with Crippen LogP contribution in [-0.4, -0.2) is 0 Å². The summed E-state index contributed by atoms with van der Waals surface area (Å²) in [6.07, 6.45) is 22.8. The molecular formula is C105H110N2. The summed E-state index contributed by atoms with van der Waals surface area (Å²) in [6.45, 7) is 34.3. The molecule has 1 unspecified atom stereocenters. The molecule has 11 aromatic carbocycles. The number of nitrogens with zero attached hydrogens (tertiary/aromatic N) is 2. The average molecular weight is 1400 g/mol. The summed E-state index contributed by atoms with van der Waals surface area (Å²) in [5, 5.41) is 0. The van der Waals surface area contributed by atoms with Crippen molar-refractivity contribution in [2.45, 2.75) is 215 Å². The lowest BCUT2D eigenvalue weighted by Gasteiger charge is -2.34. The van der Waals surface area contributed by atoms with Crippen molar-refractivity contribution in [1.29, 1.82) is 0 Å². The molecule has 107 heavy (non-hydrogen) atoms. The van der Waals surface area contributed by atoms with Crippen LogP contribution in [0.3, 0.4) is 0 Å². The number of hydrogen-bond donors (Lipinski definition) is 0. The fourth-order valence-electron chi connectivity index (χ4n) is 17.7. The van der Waals surface area contributed by atoms with E-state index in [9.17, 15) is 0 Å². The lowest BCUT2D eigenvalue weighted by molar-refractivity contribution is 0.398. The zero-order chi connectivity index (χ0) is 75.4. The Morgan fingerprint density at radius 1 is 0.327 bits per heavy atom. The predicted molar refractivity (Wildman–Crippen MR) is 460 cm³/mol. The quantitative estimate of drug-likeness (QED) is 0.0439. The minimum atomic E-state index is -0.598. The van der Waals surface area contributed by atoms with E-state index in [0.717, 1.165) is 41.2 Å². The van der Waals surface area contributed by atoms with Crippen LogP contribution in [0.15, 0.2) is 218 Å². The second-order valence-corrected chi connectivity index (χ2v) is 33.3. The average Bonchev–Trinajstić information content (AvgIpc) is 1.54. The summed E-state index contributed by atoms with van der Waals surface area (Å²) in [5.74, 6) is 14.1. The van der Waals surface area contributed by atoms with Crippen LogP contribution in [0, 0.1) is 84.5 Å². The molecule has 0 fully saturated rings. The maximum absolute atomic E-state index is 5.45. The number of anilines is 6. The third kappa shape index (κ3) is 15.1. The number of fused-ring (bicyclic) bond motifs is 6. The topological polar surface area (TPSA) is 6.48 Å². The molecule has 0 bridgehead atoms. The van der Waals surface area contributed by atoms with Gasteiger partial charge in [-0.1, -0.05) is 295 Å². The summed E-state index contributed by atoms with van der Waals surface area (Å²) in [4.78, 5) is 4.97. The van der Waals surface area contributed by atoms with Crippen molar-refractivity contribution in [3.8, 4) is 80.5 Å².